The van der Waals surface area contributed by atoms with Gasteiger partial charge in [0, 0.05) is 20.9 Å². The van der Waals surface area contributed by atoms with Crippen molar-refractivity contribution in [2.24, 2.45) is 0 Å². The maximum absolute atomic E-state index is 12.7. The maximum atomic E-state index is 12.7. The van der Waals surface area contributed by atoms with E-state index in [4.69, 9.17) is 9.84 Å². The van der Waals surface area contributed by atoms with Gasteiger partial charge in [-0.3, -0.25) is 9.59 Å². The Balaban J connectivity index is 2.53. The molecule has 0 heterocycles. The lowest BCUT2D eigenvalue weighted by Gasteiger charge is -2.31. The Hall–Kier alpha value is -1.92. The minimum Gasteiger partial charge on any atom is -0.481 e. The minimum atomic E-state index is -1.01. The van der Waals surface area contributed by atoms with Gasteiger partial charge in [0.2, 0.25) is 0 Å². The van der Waals surface area contributed by atoms with E-state index >= 15 is 0 Å². The third kappa shape index (κ3) is 9.81. The van der Waals surface area contributed by atoms with E-state index in [9.17, 15) is 9.59 Å². The monoisotopic (exact) mass is 600 g/mol. The van der Waals surface area contributed by atoms with Crippen molar-refractivity contribution in [3.63, 3.8) is 0 Å². The Bertz CT molecular complexity index is 1200. The Morgan fingerprint density at radius 3 is 1.34 bits per heavy atom. The summed E-state index contributed by atoms with van der Waals surface area (Å²) in [6, 6.07) is 9.03. The molecule has 0 aliphatic rings. The molecule has 1 atom stereocenters. The molecular formula is C35H52O4S2. The second-order valence-corrected chi connectivity index (χ2v) is 18.3. The Kier molecular flexibility index (Phi) is 11.0. The molecule has 0 amide bonds. The van der Waals surface area contributed by atoms with Crippen molar-refractivity contribution < 1.29 is 19.4 Å². The first-order valence-corrected chi connectivity index (χ1v) is 16.3. The number of thioether (sulfide) groups is 2. The molecule has 41 heavy (non-hydrogen) atoms. The lowest BCUT2D eigenvalue weighted by Crippen LogP contribution is -2.22. The van der Waals surface area contributed by atoms with Crippen molar-refractivity contribution in [2.45, 2.75) is 146 Å². The first kappa shape index (κ1) is 35.3. The smallest absolute Gasteiger partial charge is 0.311 e. The van der Waals surface area contributed by atoms with Crippen LogP contribution in [0.5, 0.6) is 5.75 Å². The highest BCUT2D eigenvalue weighted by Crippen LogP contribution is 2.46. The van der Waals surface area contributed by atoms with Gasteiger partial charge >= 0.3 is 11.9 Å². The molecule has 4 nitrogen and oxygen atoms in total. The second-order valence-electron chi connectivity index (χ2n) is 15.2. The fourth-order valence-electron chi connectivity index (χ4n) is 4.99. The van der Waals surface area contributed by atoms with Gasteiger partial charge in [-0.2, -0.15) is 0 Å². The van der Waals surface area contributed by atoms with E-state index in [1.165, 1.54) is 21.6 Å². The van der Waals surface area contributed by atoms with Gasteiger partial charge in [-0.15, -0.1) is 23.5 Å². The highest BCUT2D eigenvalue weighted by atomic mass is 32.2. The maximum Gasteiger partial charge on any atom is 0.311 e. The lowest BCUT2D eigenvalue weighted by atomic mass is 9.77. The van der Waals surface area contributed by atoms with Gasteiger partial charge in [-0.1, -0.05) is 83.1 Å². The number of carbonyl (C=O) groups is 2. The summed E-state index contributed by atoms with van der Waals surface area (Å²) < 4.78 is 6.16. The molecule has 0 fully saturated rings. The number of carbonyl (C=O) groups excluding carboxylic acids is 1. The molecule has 0 saturated heterocycles. The van der Waals surface area contributed by atoms with Crippen molar-refractivity contribution in [2.75, 3.05) is 0 Å². The fraction of sp³-hybridized carbons (Fsp3) is 0.600. The zero-order valence-electron chi connectivity index (χ0n) is 27.8. The summed E-state index contributed by atoms with van der Waals surface area (Å²) in [6.07, 6.45) is -0.402. The van der Waals surface area contributed by atoms with Gasteiger partial charge < -0.3 is 9.84 Å². The first-order valence-electron chi connectivity index (χ1n) is 14.5. The molecule has 2 aromatic carbocycles. The van der Waals surface area contributed by atoms with Crippen LogP contribution >= 0.6 is 23.5 Å². The Morgan fingerprint density at radius 2 is 1.02 bits per heavy atom. The van der Waals surface area contributed by atoms with Crippen LogP contribution in [0.2, 0.25) is 0 Å². The number of ether oxygens (including phenoxy) is 1. The summed E-state index contributed by atoms with van der Waals surface area (Å²) in [5, 5.41) is 9.03. The highest BCUT2D eigenvalue weighted by Gasteiger charge is 2.30. The van der Waals surface area contributed by atoms with Gasteiger partial charge in [0.1, 0.15) is 5.75 Å². The van der Waals surface area contributed by atoms with E-state index in [2.05, 4.69) is 121 Å². The fourth-order valence-corrected chi connectivity index (χ4v) is 7.36. The molecule has 1 unspecified atom stereocenters. The van der Waals surface area contributed by atoms with Crippen molar-refractivity contribution in [1.29, 1.82) is 0 Å². The van der Waals surface area contributed by atoms with Crippen LogP contribution in [0.4, 0.5) is 0 Å². The SMILES string of the molecule is Cc1c(C(C)(C)C)cc(SC(C)Sc2cc(C(C)(C)C)c(OC(=O)CCC(=O)O)c(C(C)(C)C)c2)cc1C(C)(C)C. The molecule has 0 saturated carbocycles. The standard InChI is InChI=1S/C35H52O4S2/c1-21-25(32(3,4)5)17-23(18-26(21)33(6,7)8)40-22(2)41-24-19-27(34(9,10)11)31(28(20-24)35(12,13)14)39-30(38)16-15-29(36)37/h17-20,22H,15-16H2,1-14H3,(H,36,37). The van der Waals surface area contributed by atoms with Crippen LogP contribution in [-0.4, -0.2) is 21.6 Å². The molecule has 0 aromatic heterocycles. The van der Waals surface area contributed by atoms with Crippen LogP contribution in [0.3, 0.4) is 0 Å². The molecule has 228 valence electrons. The summed E-state index contributed by atoms with van der Waals surface area (Å²) in [7, 11) is 0. The molecule has 0 bridgehead atoms. The quantitative estimate of drug-likeness (QED) is 0.141. The molecule has 0 aliphatic heterocycles. The molecule has 1 N–H and O–H groups in total. The van der Waals surface area contributed by atoms with E-state index < -0.39 is 11.9 Å². The van der Waals surface area contributed by atoms with Crippen LogP contribution in [0.1, 0.15) is 131 Å². The molecule has 0 spiro atoms. The summed E-state index contributed by atoms with van der Waals surface area (Å²) in [4.78, 5) is 26.1. The summed E-state index contributed by atoms with van der Waals surface area (Å²) in [6.45, 7) is 30.9. The van der Waals surface area contributed by atoms with Crippen LogP contribution in [-0.2, 0) is 31.2 Å². The van der Waals surface area contributed by atoms with Crippen molar-refractivity contribution in [1.82, 2.24) is 0 Å². The molecule has 6 heteroatoms. The van der Waals surface area contributed by atoms with E-state index in [1.54, 1.807) is 0 Å². The minimum absolute atomic E-state index is 0.0536. The Labute approximate surface area is 257 Å². The van der Waals surface area contributed by atoms with Crippen LogP contribution in [0, 0.1) is 6.92 Å². The predicted molar refractivity (Wildman–Crippen MR) is 176 cm³/mol. The number of hydrogen-bond acceptors (Lipinski definition) is 5. The molecule has 0 radical (unpaired) electrons. The van der Waals surface area contributed by atoms with E-state index in [1.807, 2.05) is 23.5 Å². The van der Waals surface area contributed by atoms with Gasteiger partial charge in [0.25, 0.3) is 0 Å². The second kappa shape index (κ2) is 12.8. The number of rotatable bonds is 8. The number of carboxylic acid groups (broad SMARTS) is 1. The molecule has 0 aliphatic carbocycles. The summed E-state index contributed by atoms with van der Waals surface area (Å²) in [5.41, 5.74) is 5.61. The van der Waals surface area contributed by atoms with E-state index in [0.29, 0.717) is 5.75 Å². The third-order valence-electron chi connectivity index (χ3n) is 7.04. The molecule has 2 rings (SSSR count). The highest BCUT2D eigenvalue weighted by molar-refractivity contribution is 8.17. The van der Waals surface area contributed by atoms with Crippen LogP contribution in [0.25, 0.3) is 0 Å². The number of carboxylic acids is 1. The van der Waals surface area contributed by atoms with Gasteiger partial charge in [-0.05, 0) is 76.5 Å². The van der Waals surface area contributed by atoms with Crippen LogP contribution in [0.15, 0.2) is 34.1 Å². The largest absolute Gasteiger partial charge is 0.481 e. The Morgan fingerprint density at radius 1 is 0.683 bits per heavy atom. The number of hydrogen-bond donors (Lipinski definition) is 1. The number of benzene rings is 2. The van der Waals surface area contributed by atoms with Crippen molar-refractivity contribution >= 4 is 35.5 Å². The van der Waals surface area contributed by atoms with Gasteiger partial charge in [0.05, 0.1) is 17.4 Å². The average Bonchev–Trinajstić information content (AvgIpc) is 2.76. The van der Waals surface area contributed by atoms with Crippen molar-refractivity contribution in [3.05, 3.63) is 52.1 Å². The molecule has 2 aromatic rings. The average molecular weight is 601 g/mol. The zero-order chi connectivity index (χ0) is 31.7. The normalized spacial score (nSPS) is 13.7. The van der Waals surface area contributed by atoms with Crippen molar-refractivity contribution in [3.8, 4) is 5.75 Å². The van der Waals surface area contributed by atoms with Crippen LogP contribution < -0.4 is 4.74 Å². The molecular weight excluding hydrogens is 549 g/mol. The first-order chi connectivity index (χ1) is 18.4. The number of esters is 1. The zero-order valence-corrected chi connectivity index (χ0v) is 29.4. The van der Waals surface area contributed by atoms with E-state index in [0.717, 1.165) is 16.0 Å². The number of aliphatic carboxylic acids is 1. The van der Waals surface area contributed by atoms with E-state index in [-0.39, 0.29) is 39.1 Å². The third-order valence-corrected chi connectivity index (χ3v) is 9.30. The lowest BCUT2D eigenvalue weighted by molar-refractivity contribution is -0.142. The topological polar surface area (TPSA) is 63.6 Å². The summed E-state index contributed by atoms with van der Waals surface area (Å²) in [5.74, 6) is -0.963. The van der Waals surface area contributed by atoms with Gasteiger partial charge in [0.15, 0.2) is 0 Å². The van der Waals surface area contributed by atoms with Gasteiger partial charge in [-0.25, -0.2) is 0 Å². The summed E-state index contributed by atoms with van der Waals surface area (Å²) >= 11 is 3.70. The predicted octanol–water partition coefficient (Wildman–Crippen LogP) is 10.2.